The summed E-state index contributed by atoms with van der Waals surface area (Å²) >= 11 is 1.82. The van der Waals surface area contributed by atoms with Gasteiger partial charge in [0.05, 0.1) is 0 Å². The van der Waals surface area contributed by atoms with Crippen LogP contribution in [0.5, 0.6) is 0 Å². The normalized spacial score (nSPS) is 16.8. The number of thiophene rings is 1. The predicted molar refractivity (Wildman–Crippen MR) is 243 cm³/mol. The molecule has 2 aliphatic rings. The van der Waals surface area contributed by atoms with Crippen LogP contribution in [-0.4, -0.2) is 41.9 Å². The topological polar surface area (TPSA) is 52.8 Å². The molecule has 0 saturated carbocycles. The van der Waals surface area contributed by atoms with Crippen molar-refractivity contribution < 1.29 is 4.79 Å². The van der Waals surface area contributed by atoms with Crippen LogP contribution < -0.4 is 10.6 Å². The van der Waals surface area contributed by atoms with Gasteiger partial charge >= 0.3 is 0 Å². The highest BCUT2D eigenvalue weighted by Crippen LogP contribution is 2.42. The minimum absolute atomic E-state index is 0.0235. The SMILES string of the molecule is CC(=O)N(c1ccc(CN2CCC(CCc3ccccc3)(c3ccsc3)CC2)cc1)c1cccc(CCC2(c3ccccc3)CCN(Cc3ccc(N)cc3)CC2)c1. The number of rotatable bonds is 14. The molecule has 6 aromatic rings. The molecule has 298 valence electrons. The number of carbonyl (C=O) groups is 1. The van der Waals surface area contributed by atoms with Crippen LogP contribution in [0.2, 0.25) is 0 Å². The third-order valence-electron chi connectivity index (χ3n) is 13.2. The van der Waals surface area contributed by atoms with E-state index < -0.39 is 0 Å². The summed E-state index contributed by atoms with van der Waals surface area (Å²) < 4.78 is 0. The molecule has 0 bridgehead atoms. The standard InChI is InChI=1S/C52H58N4OS/c1-41(57)56(49-21-17-45(18-22-49)39-55-34-30-52(31-35-55,47-25-36-58-40-47)26-23-42-9-4-2-5-10-42)50-14-8-11-43(37-50)24-27-51(46-12-6-3-7-13-46)28-32-54(33-29-51)38-44-15-19-48(53)20-16-44/h2-22,25,36-37,40H,23-24,26-35,38-39,53H2,1H3. The number of amides is 1. The summed E-state index contributed by atoms with van der Waals surface area (Å²) in [6, 6.07) is 50.1. The molecule has 2 saturated heterocycles. The van der Waals surface area contributed by atoms with Crippen LogP contribution >= 0.6 is 11.3 Å². The fraction of sp³-hybridized carbons (Fsp3) is 0.327. The Morgan fingerprint density at radius 1 is 0.586 bits per heavy atom. The second kappa shape index (κ2) is 18.3. The summed E-state index contributed by atoms with van der Waals surface area (Å²) in [5.41, 5.74) is 17.2. The number of nitrogens with zero attached hydrogens (tertiary/aromatic N) is 3. The molecular formula is C52H58N4OS. The molecule has 0 aliphatic carbocycles. The monoisotopic (exact) mass is 786 g/mol. The molecule has 0 unspecified atom stereocenters. The maximum Gasteiger partial charge on any atom is 0.228 e. The number of nitrogen functional groups attached to an aromatic ring is 1. The fourth-order valence-corrected chi connectivity index (χ4v) is 10.4. The van der Waals surface area contributed by atoms with Crippen molar-refractivity contribution in [3.63, 3.8) is 0 Å². The molecule has 0 spiro atoms. The number of aryl methyl sites for hydroxylation is 2. The Hall–Kier alpha value is -5.01. The molecule has 1 aromatic heterocycles. The summed E-state index contributed by atoms with van der Waals surface area (Å²) in [6.07, 6.45) is 8.95. The van der Waals surface area contributed by atoms with Gasteiger partial charge < -0.3 is 5.73 Å². The zero-order chi connectivity index (χ0) is 39.8. The van der Waals surface area contributed by atoms with Gasteiger partial charge in [-0.25, -0.2) is 0 Å². The maximum atomic E-state index is 13.3. The lowest BCUT2D eigenvalue weighted by Gasteiger charge is -2.43. The quantitative estimate of drug-likeness (QED) is 0.112. The maximum absolute atomic E-state index is 13.3. The van der Waals surface area contributed by atoms with Gasteiger partial charge in [-0.05, 0) is 175 Å². The Bertz CT molecular complexity index is 2190. The van der Waals surface area contributed by atoms with E-state index in [0.717, 1.165) is 88.4 Å². The molecule has 0 atom stereocenters. The first-order valence-corrected chi connectivity index (χ1v) is 22.2. The number of hydrogen-bond acceptors (Lipinski definition) is 5. The van der Waals surface area contributed by atoms with E-state index in [1.54, 1.807) is 6.92 Å². The minimum Gasteiger partial charge on any atom is -0.399 e. The van der Waals surface area contributed by atoms with Gasteiger partial charge in [0, 0.05) is 37.1 Å². The smallest absolute Gasteiger partial charge is 0.228 e. The van der Waals surface area contributed by atoms with E-state index in [4.69, 9.17) is 5.73 Å². The van der Waals surface area contributed by atoms with E-state index in [1.807, 2.05) is 28.4 Å². The summed E-state index contributed by atoms with van der Waals surface area (Å²) in [6.45, 7) is 7.87. The Kier molecular flexibility index (Phi) is 12.5. The lowest BCUT2D eigenvalue weighted by molar-refractivity contribution is -0.115. The minimum atomic E-state index is 0.0235. The first-order valence-electron chi connectivity index (χ1n) is 21.3. The van der Waals surface area contributed by atoms with E-state index in [9.17, 15) is 4.79 Å². The molecule has 8 rings (SSSR count). The Labute approximate surface area is 350 Å². The Morgan fingerprint density at radius 2 is 1.12 bits per heavy atom. The van der Waals surface area contributed by atoms with Crippen molar-refractivity contribution in [1.29, 1.82) is 0 Å². The zero-order valence-electron chi connectivity index (χ0n) is 34.1. The van der Waals surface area contributed by atoms with Crippen LogP contribution in [0.25, 0.3) is 0 Å². The third-order valence-corrected chi connectivity index (χ3v) is 13.9. The average molecular weight is 787 g/mol. The van der Waals surface area contributed by atoms with E-state index in [1.165, 1.54) is 52.6 Å². The average Bonchev–Trinajstić information content (AvgIpc) is 3.82. The van der Waals surface area contributed by atoms with Gasteiger partial charge in [-0.1, -0.05) is 97.1 Å². The molecule has 2 N–H and O–H groups in total. The number of anilines is 3. The number of benzene rings is 5. The molecule has 2 aliphatic heterocycles. The number of nitrogens with two attached hydrogens (primary N) is 1. The van der Waals surface area contributed by atoms with Gasteiger partial charge in [0.15, 0.2) is 0 Å². The van der Waals surface area contributed by atoms with Crippen LogP contribution in [0, 0.1) is 0 Å². The molecule has 58 heavy (non-hydrogen) atoms. The number of hydrogen-bond donors (Lipinski definition) is 1. The van der Waals surface area contributed by atoms with Crippen LogP contribution in [0.3, 0.4) is 0 Å². The molecule has 2 fully saturated rings. The van der Waals surface area contributed by atoms with Crippen LogP contribution in [0.4, 0.5) is 17.1 Å². The summed E-state index contributed by atoms with van der Waals surface area (Å²) in [4.78, 5) is 20.4. The first kappa shape index (κ1) is 39.8. The fourth-order valence-electron chi connectivity index (χ4n) is 9.67. The predicted octanol–water partition coefficient (Wildman–Crippen LogP) is 11.3. The van der Waals surface area contributed by atoms with Crippen molar-refractivity contribution in [3.8, 4) is 0 Å². The highest BCUT2D eigenvalue weighted by molar-refractivity contribution is 7.08. The third kappa shape index (κ3) is 9.47. The Balaban J connectivity index is 0.903. The largest absolute Gasteiger partial charge is 0.399 e. The van der Waals surface area contributed by atoms with Crippen molar-refractivity contribution in [1.82, 2.24) is 9.80 Å². The van der Waals surface area contributed by atoms with Crippen molar-refractivity contribution in [2.75, 3.05) is 36.8 Å². The van der Waals surface area contributed by atoms with Gasteiger partial charge in [0.2, 0.25) is 5.91 Å². The molecule has 6 heteroatoms. The molecule has 3 heterocycles. The van der Waals surface area contributed by atoms with Gasteiger partial charge in [0.25, 0.3) is 0 Å². The van der Waals surface area contributed by atoms with Crippen molar-refractivity contribution in [3.05, 3.63) is 184 Å². The van der Waals surface area contributed by atoms with Crippen molar-refractivity contribution in [2.45, 2.75) is 82.2 Å². The van der Waals surface area contributed by atoms with Gasteiger partial charge in [-0.3, -0.25) is 19.5 Å². The molecule has 1 amide bonds. The Morgan fingerprint density at radius 3 is 1.69 bits per heavy atom. The second-order valence-corrected chi connectivity index (χ2v) is 17.7. The summed E-state index contributed by atoms with van der Waals surface area (Å²) in [5.74, 6) is 0.0235. The highest BCUT2D eigenvalue weighted by Gasteiger charge is 2.37. The van der Waals surface area contributed by atoms with E-state index in [-0.39, 0.29) is 16.7 Å². The highest BCUT2D eigenvalue weighted by atomic mass is 32.1. The van der Waals surface area contributed by atoms with Crippen molar-refractivity contribution in [2.24, 2.45) is 0 Å². The van der Waals surface area contributed by atoms with E-state index in [0.29, 0.717) is 0 Å². The molecule has 5 aromatic carbocycles. The molecule has 5 nitrogen and oxygen atoms in total. The van der Waals surface area contributed by atoms with E-state index >= 15 is 0 Å². The van der Waals surface area contributed by atoms with Crippen LogP contribution in [0.1, 0.15) is 78.8 Å². The second-order valence-electron chi connectivity index (χ2n) is 16.9. The summed E-state index contributed by atoms with van der Waals surface area (Å²) in [5, 5.41) is 4.62. The molecule has 0 radical (unpaired) electrons. The van der Waals surface area contributed by atoms with Gasteiger partial charge in [0.1, 0.15) is 0 Å². The number of carbonyl (C=O) groups excluding carboxylic acids is 1. The summed E-state index contributed by atoms with van der Waals surface area (Å²) in [7, 11) is 0. The first-order chi connectivity index (χ1) is 28.4. The lowest BCUT2D eigenvalue weighted by Crippen LogP contribution is -2.42. The number of likely N-dealkylation sites (tertiary alicyclic amines) is 2. The van der Waals surface area contributed by atoms with Gasteiger partial charge in [-0.15, -0.1) is 0 Å². The number of piperidine rings is 2. The zero-order valence-corrected chi connectivity index (χ0v) is 34.9. The van der Waals surface area contributed by atoms with Crippen LogP contribution in [-0.2, 0) is 41.6 Å². The lowest BCUT2D eigenvalue weighted by atomic mass is 9.69. The van der Waals surface area contributed by atoms with E-state index in [2.05, 4.69) is 148 Å². The van der Waals surface area contributed by atoms with Crippen LogP contribution in [0.15, 0.2) is 150 Å². The molecular weight excluding hydrogens is 729 g/mol. The van der Waals surface area contributed by atoms with Crippen molar-refractivity contribution >= 4 is 34.3 Å². The van der Waals surface area contributed by atoms with Gasteiger partial charge in [-0.2, -0.15) is 11.3 Å².